The Morgan fingerprint density at radius 3 is 2.43 bits per heavy atom. The van der Waals surface area contributed by atoms with Crippen LogP contribution in [-0.2, 0) is 17.8 Å². The van der Waals surface area contributed by atoms with Crippen molar-refractivity contribution in [3.8, 4) is 0 Å². The van der Waals surface area contributed by atoms with Crippen LogP contribution in [0.5, 0.6) is 0 Å². The van der Waals surface area contributed by atoms with Gasteiger partial charge in [-0.3, -0.25) is 4.79 Å². The number of amides is 1. The van der Waals surface area contributed by atoms with Crippen LogP contribution in [0.3, 0.4) is 0 Å². The summed E-state index contributed by atoms with van der Waals surface area (Å²) in [5.74, 6) is 0.158. The average Bonchev–Trinajstić information content (AvgIpc) is 2.91. The molecule has 124 valence electrons. The summed E-state index contributed by atoms with van der Waals surface area (Å²) in [6.45, 7) is 6.75. The van der Waals surface area contributed by atoms with E-state index in [9.17, 15) is 4.79 Å². The van der Waals surface area contributed by atoms with Gasteiger partial charge in [0, 0.05) is 29.7 Å². The Bertz CT molecular complexity index is 674. The minimum Gasteiger partial charge on any atom is -0.341 e. The lowest BCUT2D eigenvalue weighted by Gasteiger charge is -2.17. The fraction of sp³-hybridized carbons (Fsp3) is 0.471. The van der Waals surface area contributed by atoms with Gasteiger partial charge in [0.2, 0.25) is 5.91 Å². The fourth-order valence-corrected chi connectivity index (χ4v) is 3.87. The zero-order chi connectivity index (χ0) is 17.0. The van der Waals surface area contributed by atoms with E-state index in [1.807, 2.05) is 27.2 Å². The van der Waals surface area contributed by atoms with Gasteiger partial charge in [-0.25, -0.2) is 9.97 Å². The second-order valence-electron chi connectivity index (χ2n) is 5.64. The van der Waals surface area contributed by atoms with Gasteiger partial charge in [-0.2, -0.15) is 0 Å². The highest BCUT2D eigenvalue weighted by molar-refractivity contribution is 7.98. The van der Waals surface area contributed by atoms with E-state index < -0.39 is 0 Å². The molecule has 2 aromatic heterocycles. The minimum absolute atomic E-state index is 0.158. The van der Waals surface area contributed by atoms with Crippen molar-refractivity contribution in [1.82, 2.24) is 14.9 Å². The number of hydrogen-bond donors (Lipinski definition) is 0. The molecule has 2 aromatic rings. The third kappa shape index (κ3) is 4.54. The number of rotatable bonds is 6. The molecule has 1 amide bonds. The topological polar surface area (TPSA) is 46.1 Å². The highest BCUT2D eigenvalue weighted by Crippen LogP contribution is 2.19. The molecule has 2 heterocycles. The molecule has 0 aliphatic rings. The predicted octanol–water partition coefficient (Wildman–Crippen LogP) is 3.78. The van der Waals surface area contributed by atoms with Crippen molar-refractivity contribution in [2.24, 2.45) is 0 Å². The van der Waals surface area contributed by atoms with Crippen molar-refractivity contribution in [2.75, 3.05) is 13.3 Å². The third-order valence-corrected chi connectivity index (χ3v) is 5.50. The Balaban J connectivity index is 1.98. The molecule has 0 saturated heterocycles. The maximum atomic E-state index is 12.4. The van der Waals surface area contributed by atoms with Crippen LogP contribution < -0.4 is 0 Å². The van der Waals surface area contributed by atoms with Crippen LogP contribution in [0.15, 0.2) is 16.6 Å². The van der Waals surface area contributed by atoms with Crippen LogP contribution >= 0.6 is 23.1 Å². The number of nitrogens with zero attached hydrogens (tertiary/aromatic N) is 3. The van der Waals surface area contributed by atoms with E-state index in [1.165, 1.54) is 10.4 Å². The summed E-state index contributed by atoms with van der Waals surface area (Å²) in [6.07, 6.45) is 3.16. The lowest BCUT2D eigenvalue weighted by Crippen LogP contribution is -2.26. The molecule has 6 heteroatoms. The Hall–Kier alpha value is -1.40. The van der Waals surface area contributed by atoms with Gasteiger partial charge in [0.05, 0.1) is 6.54 Å². The van der Waals surface area contributed by atoms with E-state index in [0.29, 0.717) is 19.4 Å². The van der Waals surface area contributed by atoms with Gasteiger partial charge >= 0.3 is 0 Å². The first kappa shape index (κ1) is 17.9. The Morgan fingerprint density at radius 1 is 1.26 bits per heavy atom. The lowest BCUT2D eigenvalue weighted by molar-refractivity contribution is -0.130. The number of thiophene rings is 1. The van der Waals surface area contributed by atoms with Crippen molar-refractivity contribution in [3.63, 3.8) is 0 Å². The Kier molecular flexibility index (Phi) is 6.18. The van der Waals surface area contributed by atoms with Gasteiger partial charge in [0.25, 0.3) is 0 Å². The summed E-state index contributed by atoms with van der Waals surface area (Å²) >= 11 is 3.24. The van der Waals surface area contributed by atoms with Crippen LogP contribution in [-0.4, -0.2) is 34.1 Å². The predicted molar refractivity (Wildman–Crippen MR) is 97.1 cm³/mol. The minimum atomic E-state index is 0.158. The van der Waals surface area contributed by atoms with E-state index in [2.05, 4.69) is 28.3 Å². The monoisotopic (exact) mass is 349 g/mol. The molecule has 4 nitrogen and oxygen atoms in total. The van der Waals surface area contributed by atoms with Crippen molar-refractivity contribution in [3.05, 3.63) is 38.8 Å². The zero-order valence-electron chi connectivity index (χ0n) is 14.3. The summed E-state index contributed by atoms with van der Waals surface area (Å²) in [5, 5.41) is 2.86. The van der Waals surface area contributed by atoms with E-state index in [-0.39, 0.29) is 5.91 Å². The molecule has 23 heavy (non-hydrogen) atoms. The van der Waals surface area contributed by atoms with Crippen LogP contribution in [0, 0.1) is 20.8 Å². The molecule has 0 spiro atoms. The molecule has 0 bridgehead atoms. The molecular weight excluding hydrogens is 326 g/mol. The SMILES string of the molecule is CSc1nc(C)c(CCC(=O)N(C)Cc2sccc2C)c(C)n1. The van der Waals surface area contributed by atoms with Gasteiger partial charge in [0.1, 0.15) is 0 Å². The highest BCUT2D eigenvalue weighted by atomic mass is 32.2. The fourth-order valence-electron chi connectivity index (χ4n) is 2.45. The smallest absolute Gasteiger partial charge is 0.222 e. The van der Waals surface area contributed by atoms with Crippen molar-refractivity contribution >= 4 is 29.0 Å². The first-order valence-electron chi connectivity index (χ1n) is 7.57. The number of carbonyl (C=O) groups is 1. The van der Waals surface area contributed by atoms with E-state index in [1.54, 1.807) is 28.0 Å². The number of hydrogen-bond acceptors (Lipinski definition) is 5. The van der Waals surface area contributed by atoms with Crippen molar-refractivity contribution < 1.29 is 4.79 Å². The first-order valence-corrected chi connectivity index (χ1v) is 9.67. The maximum absolute atomic E-state index is 12.4. The first-order chi connectivity index (χ1) is 10.9. The van der Waals surface area contributed by atoms with Gasteiger partial charge in [-0.1, -0.05) is 11.8 Å². The quantitative estimate of drug-likeness (QED) is 0.588. The molecule has 0 unspecified atom stereocenters. The second-order valence-corrected chi connectivity index (χ2v) is 7.41. The average molecular weight is 350 g/mol. The molecule has 0 atom stereocenters. The number of carbonyl (C=O) groups excluding carboxylic acids is 1. The summed E-state index contributed by atoms with van der Waals surface area (Å²) in [5.41, 5.74) is 4.30. The van der Waals surface area contributed by atoms with Gasteiger partial charge in [-0.15, -0.1) is 11.3 Å². The number of thioether (sulfide) groups is 1. The molecule has 0 N–H and O–H groups in total. The van der Waals surface area contributed by atoms with Crippen LogP contribution in [0.2, 0.25) is 0 Å². The van der Waals surface area contributed by atoms with E-state index in [0.717, 1.165) is 22.1 Å². The molecular formula is C17H23N3OS2. The number of aryl methyl sites for hydroxylation is 3. The molecule has 0 radical (unpaired) electrons. The standard InChI is InChI=1S/C17H23N3OS2/c1-11-8-9-23-15(11)10-20(4)16(21)7-6-14-12(2)18-17(22-5)19-13(14)3/h8-9H,6-7,10H2,1-5H3. The maximum Gasteiger partial charge on any atom is 0.222 e. The Morgan fingerprint density at radius 2 is 1.91 bits per heavy atom. The normalized spacial score (nSPS) is 10.8. The second kappa shape index (κ2) is 7.93. The van der Waals surface area contributed by atoms with Gasteiger partial charge in [0.15, 0.2) is 5.16 Å². The van der Waals surface area contributed by atoms with Gasteiger partial charge in [-0.05, 0) is 56.0 Å². The van der Waals surface area contributed by atoms with Gasteiger partial charge < -0.3 is 4.90 Å². The van der Waals surface area contributed by atoms with Crippen LogP contribution in [0.4, 0.5) is 0 Å². The molecule has 0 aliphatic heterocycles. The molecule has 0 fully saturated rings. The summed E-state index contributed by atoms with van der Waals surface area (Å²) in [7, 11) is 1.87. The van der Waals surface area contributed by atoms with Crippen LogP contribution in [0.1, 0.15) is 33.8 Å². The molecule has 0 saturated carbocycles. The zero-order valence-corrected chi connectivity index (χ0v) is 16.0. The number of aromatic nitrogens is 2. The third-order valence-electron chi connectivity index (χ3n) is 3.95. The van der Waals surface area contributed by atoms with E-state index in [4.69, 9.17) is 0 Å². The molecule has 0 aliphatic carbocycles. The largest absolute Gasteiger partial charge is 0.341 e. The summed E-state index contributed by atoms with van der Waals surface area (Å²) < 4.78 is 0. The summed E-state index contributed by atoms with van der Waals surface area (Å²) in [6, 6.07) is 2.09. The lowest BCUT2D eigenvalue weighted by atomic mass is 10.1. The van der Waals surface area contributed by atoms with Crippen LogP contribution in [0.25, 0.3) is 0 Å². The summed E-state index contributed by atoms with van der Waals surface area (Å²) in [4.78, 5) is 24.4. The highest BCUT2D eigenvalue weighted by Gasteiger charge is 2.14. The van der Waals surface area contributed by atoms with Crippen molar-refractivity contribution in [2.45, 2.75) is 45.3 Å². The van der Waals surface area contributed by atoms with E-state index >= 15 is 0 Å². The molecule has 2 rings (SSSR count). The molecule has 0 aromatic carbocycles. The Labute approximate surface area is 146 Å². The van der Waals surface area contributed by atoms with Crippen molar-refractivity contribution in [1.29, 1.82) is 0 Å².